The summed E-state index contributed by atoms with van der Waals surface area (Å²) < 4.78 is 0. The van der Waals surface area contributed by atoms with Gasteiger partial charge in [-0.3, -0.25) is 4.79 Å². The van der Waals surface area contributed by atoms with Crippen LogP contribution in [-0.4, -0.2) is 22.0 Å². The minimum absolute atomic E-state index is 0.0799. The monoisotopic (exact) mass is 270 g/mol. The Morgan fingerprint density at radius 3 is 2.60 bits per heavy atom. The summed E-state index contributed by atoms with van der Waals surface area (Å²) in [5, 5.41) is 11.5. The first kappa shape index (κ1) is 13.7. The third kappa shape index (κ3) is 3.00. The smallest absolute Gasteiger partial charge is 0.335 e. The molecule has 102 valence electrons. The molecule has 20 heavy (non-hydrogen) atoms. The van der Waals surface area contributed by atoms with E-state index in [0.717, 1.165) is 11.1 Å². The standard InChI is InChI=1S/C15H14N2O3/c1-9-3-4-10(2)12(7-9)14(18)17-13-8-11(15(19)20)5-6-16-13/h3-8H,1-2H3,(H,19,20)(H,16,17,18). The highest BCUT2D eigenvalue weighted by Gasteiger charge is 2.11. The molecule has 1 amide bonds. The zero-order valence-electron chi connectivity index (χ0n) is 11.2. The van der Waals surface area contributed by atoms with Crippen molar-refractivity contribution in [1.29, 1.82) is 0 Å². The van der Waals surface area contributed by atoms with Crippen molar-refractivity contribution in [2.24, 2.45) is 0 Å². The maximum absolute atomic E-state index is 12.2. The van der Waals surface area contributed by atoms with Crippen molar-refractivity contribution in [2.75, 3.05) is 5.32 Å². The number of carbonyl (C=O) groups excluding carboxylic acids is 1. The van der Waals surface area contributed by atoms with Crippen LogP contribution in [0.1, 0.15) is 31.8 Å². The molecule has 0 atom stereocenters. The van der Waals surface area contributed by atoms with Gasteiger partial charge < -0.3 is 10.4 Å². The van der Waals surface area contributed by atoms with E-state index in [1.54, 1.807) is 6.07 Å². The number of aryl methyl sites for hydroxylation is 2. The molecule has 0 aliphatic rings. The Morgan fingerprint density at radius 1 is 1.15 bits per heavy atom. The number of hydrogen-bond acceptors (Lipinski definition) is 3. The van der Waals surface area contributed by atoms with Crippen LogP contribution < -0.4 is 5.32 Å². The van der Waals surface area contributed by atoms with Gasteiger partial charge in [0.25, 0.3) is 5.91 Å². The molecular formula is C15H14N2O3. The number of aromatic nitrogens is 1. The van der Waals surface area contributed by atoms with E-state index >= 15 is 0 Å². The van der Waals surface area contributed by atoms with Gasteiger partial charge in [-0.2, -0.15) is 0 Å². The Hall–Kier alpha value is -2.69. The van der Waals surface area contributed by atoms with Crippen molar-refractivity contribution < 1.29 is 14.7 Å². The molecule has 0 unspecified atom stereocenters. The molecule has 0 saturated heterocycles. The number of benzene rings is 1. The lowest BCUT2D eigenvalue weighted by Crippen LogP contribution is -2.15. The van der Waals surface area contributed by atoms with Crippen LogP contribution in [-0.2, 0) is 0 Å². The second-order valence-corrected chi connectivity index (χ2v) is 4.51. The van der Waals surface area contributed by atoms with E-state index in [1.165, 1.54) is 18.3 Å². The van der Waals surface area contributed by atoms with Gasteiger partial charge in [0.1, 0.15) is 5.82 Å². The van der Waals surface area contributed by atoms with Gasteiger partial charge >= 0.3 is 5.97 Å². The number of pyridine rings is 1. The van der Waals surface area contributed by atoms with Crippen molar-refractivity contribution in [1.82, 2.24) is 4.98 Å². The molecule has 2 aromatic rings. The summed E-state index contributed by atoms with van der Waals surface area (Å²) in [6, 6.07) is 8.27. The number of anilines is 1. The second-order valence-electron chi connectivity index (χ2n) is 4.51. The molecule has 1 aromatic carbocycles. The van der Waals surface area contributed by atoms with Crippen LogP contribution in [0.3, 0.4) is 0 Å². The minimum Gasteiger partial charge on any atom is -0.478 e. The van der Waals surface area contributed by atoms with E-state index in [4.69, 9.17) is 5.11 Å². The molecule has 1 aromatic heterocycles. The molecule has 0 radical (unpaired) electrons. The van der Waals surface area contributed by atoms with Gasteiger partial charge in [-0.05, 0) is 37.6 Å². The van der Waals surface area contributed by atoms with Crippen LogP contribution in [0.5, 0.6) is 0 Å². The third-order valence-corrected chi connectivity index (χ3v) is 2.89. The highest BCUT2D eigenvalue weighted by atomic mass is 16.4. The molecule has 0 spiro atoms. The molecular weight excluding hydrogens is 256 g/mol. The van der Waals surface area contributed by atoms with Crippen molar-refractivity contribution in [3.8, 4) is 0 Å². The normalized spacial score (nSPS) is 10.1. The Morgan fingerprint density at radius 2 is 1.90 bits per heavy atom. The first-order valence-electron chi connectivity index (χ1n) is 6.05. The Labute approximate surface area is 116 Å². The summed E-state index contributed by atoms with van der Waals surface area (Å²) in [5.41, 5.74) is 2.46. The molecule has 5 heteroatoms. The number of rotatable bonds is 3. The predicted molar refractivity (Wildman–Crippen MR) is 75.1 cm³/mol. The van der Waals surface area contributed by atoms with Crippen LogP contribution in [0.15, 0.2) is 36.5 Å². The van der Waals surface area contributed by atoms with Gasteiger partial charge in [-0.1, -0.05) is 17.7 Å². The van der Waals surface area contributed by atoms with Crippen molar-refractivity contribution in [3.63, 3.8) is 0 Å². The highest BCUT2D eigenvalue weighted by Crippen LogP contribution is 2.14. The molecule has 0 aliphatic carbocycles. The van der Waals surface area contributed by atoms with Gasteiger partial charge in [0, 0.05) is 11.8 Å². The van der Waals surface area contributed by atoms with Crippen LogP contribution >= 0.6 is 0 Å². The van der Waals surface area contributed by atoms with E-state index in [1.807, 2.05) is 26.0 Å². The fourth-order valence-corrected chi connectivity index (χ4v) is 1.80. The molecule has 1 heterocycles. The number of nitrogens with one attached hydrogen (secondary N) is 1. The van der Waals surface area contributed by atoms with E-state index in [2.05, 4.69) is 10.3 Å². The summed E-state index contributed by atoms with van der Waals surface area (Å²) in [4.78, 5) is 27.0. The number of carboxylic acids is 1. The van der Waals surface area contributed by atoms with Gasteiger partial charge in [0.2, 0.25) is 0 Å². The topological polar surface area (TPSA) is 79.3 Å². The minimum atomic E-state index is -1.06. The summed E-state index contributed by atoms with van der Waals surface area (Å²) in [5.74, 6) is -1.15. The number of aromatic carboxylic acids is 1. The number of carboxylic acid groups (broad SMARTS) is 1. The summed E-state index contributed by atoms with van der Waals surface area (Å²) in [6.07, 6.45) is 1.35. The van der Waals surface area contributed by atoms with E-state index < -0.39 is 5.97 Å². The second kappa shape index (κ2) is 5.52. The lowest BCUT2D eigenvalue weighted by molar-refractivity contribution is 0.0696. The average Bonchev–Trinajstić information content (AvgIpc) is 2.41. The Balaban J connectivity index is 2.25. The van der Waals surface area contributed by atoms with E-state index in [9.17, 15) is 9.59 Å². The molecule has 2 rings (SSSR count). The molecule has 0 fully saturated rings. The Bertz CT molecular complexity index is 681. The molecule has 0 aliphatic heterocycles. The fourth-order valence-electron chi connectivity index (χ4n) is 1.80. The third-order valence-electron chi connectivity index (χ3n) is 2.89. The lowest BCUT2D eigenvalue weighted by Gasteiger charge is -2.08. The predicted octanol–water partition coefficient (Wildman–Crippen LogP) is 2.65. The zero-order valence-corrected chi connectivity index (χ0v) is 11.2. The van der Waals surface area contributed by atoms with Crippen LogP contribution in [0.2, 0.25) is 0 Å². The molecule has 0 bridgehead atoms. The van der Waals surface area contributed by atoms with Crippen molar-refractivity contribution >= 4 is 17.7 Å². The fraction of sp³-hybridized carbons (Fsp3) is 0.133. The summed E-state index contributed by atoms with van der Waals surface area (Å²) in [6.45, 7) is 3.75. The van der Waals surface area contributed by atoms with Crippen molar-refractivity contribution in [2.45, 2.75) is 13.8 Å². The van der Waals surface area contributed by atoms with E-state index in [0.29, 0.717) is 5.56 Å². The van der Waals surface area contributed by atoms with Crippen LogP contribution in [0, 0.1) is 13.8 Å². The summed E-state index contributed by atoms with van der Waals surface area (Å²) >= 11 is 0. The van der Waals surface area contributed by atoms with Crippen LogP contribution in [0.4, 0.5) is 5.82 Å². The van der Waals surface area contributed by atoms with Gasteiger partial charge in [0.05, 0.1) is 5.56 Å². The number of amides is 1. The number of hydrogen-bond donors (Lipinski definition) is 2. The summed E-state index contributed by atoms with van der Waals surface area (Å²) in [7, 11) is 0. The SMILES string of the molecule is Cc1ccc(C)c(C(=O)Nc2cc(C(=O)O)ccn2)c1. The maximum Gasteiger partial charge on any atom is 0.335 e. The Kier molecular flexibility index (Phi) is 3.79. The van der Waals surface area contributed by atoms with Crippen LogP contribution in [0.25, 0.3) is 0 Å². The maximum atomic E-state index is 12.2. The van der Waals surface area contributed by atoms with Gasteiger partial charge in [0.15, 0.2) is 0 Å². The van der Waals surface area contributed by atoms with Crippen molar-refractivity contribution in [3.05, 3.63) is 58.8 Å². The quantitative estimate of drug-likeness (QED) is 0.898. The van der Waals surface area contributed by atoms with Gasteiger partial charge in [-0.25, -0.2) is 9.78 Å². The molecule has 5 nitrogen and oxygen atoms in total. The lowest BCUT2D eigenvalue weighted by atomic mass is 10.1. The molecule has 0 saturated carbocycles. The average molecular weight is 270 g/mol. The first-order valence-corrected chi connectivity index (χ1v) is 6.05. The first-order chi connectivity index (χ1) is 9.47. The van der Waals surface area contributed by atoms with Gasteiger partial charge in [-0.15, -0.1) is 0 Å². The number of carbonyl (C=O) groups is 2. The van der Waals surface area contributed by atoms with E-state index in [-0.39, 0.29) is 17.3 Å². The number of nitrogens with zero attached hydrogens (tertiary/aromatic N) is 1. The molecule has 2 N–H and O–H groups in total. The highest BCUT2D eigenvalue weighted by molar-refractivity contribution is 6.05. The zero-order chi connectivity index (χ0) is 14.7. The largest absolute Gasteiger partial charge is 0.478 e.